The largest absolute Gasteiger partial charge is 0.360 e. The molecule has 1 saturated heterocycles. The van der Waals surface area contributed by atoms with E-state index in [-0.39, 0.29) is 17.4 Å². The average Bonchev–Trinajstić information content (AvgIpc) is 3.06. The second-order valence-electron chi connectivity index (χ2n) is 9.40. The number of nitrogens with zero attached hydrogens (tertiary/aromatic N) is 1. The van der Waals surface area contributed by atoms with Crippen LogP contribution < -0.4 is 0 Å². The Hall–Kier alpha value is -1.69. The molecule has 1 fully saturated rings. The maximum atomic E-state index is 13.5. The van der Waals surface area contributed by atoms with Gasteiger partial charge in [-0.25, -0.2) is 8.42 Å². The van der Waals surface area contributed by atoms with Gasteiger partial charge in [0.2, 0.25) is 10.0 Å². The van der Waals surface area contributed by atoms with Gasteiger partial charge < -0.3 is 4.74 Å². The SMILES string of the molecule is Cc1ccc(S(=O)(=O)N2[C@H](Cc3ccc(C(C)(C)C)cc3)OC[C@@H]2C(C)C)cc1. The Morgan fingerprint density at radius 3 is 2.14 bits per heavy atom. The van der Waals surface area contributed by atoms with Crippen LogP contribution in [-0.4, -0.2) is 31.6 Å². The zero-order valence-corrected chi connectivity index (χ0v) is 19.2. The summed E-state index contributed by atoms with van der Waals surface area (Å²) in [5, 5.41) is 0. The van der Waals surface area contributed by atoms with Crippen LogP contribution in [0.25, 0.3) is 0 Å². The van der Waals surface area contributed by atoms with E-state index in [1.807, 2.05) is 32.9 Å². The van der Waals surface area contributed by atoms with Crippen molar-refractivity contribution in [3.8, 4) is 0 Å². The van der Waals surface area contributed by atoms with Crippen molar-refractivity contribution in [3.63, 3.8) is 0 Å². The third-order valence-corrected chi connectivity index (χ3v) is 7.60. The number of hydrogen-bond donors (Lipinski definition) is 0. The third kappa shape index (κ3) is 4.73. The van der Waals surface area contributed by atoms with Crippen molar-refractivity contribution in [1.82, 2.24) is 4.31 Å². The van der Waals surface area contributed by atoms with E-state index in [9.17, 15) is 8.42 Å². The van der Waals surface area contributed by atoms with Crippen LogP contribution in [0.4, 0.5) is 0 Å². The van der Waals surface area contributed by atoms with Crippen molar-refractivity contribution in [2.45, 2.75) is 70.5 Å². The van der Waals surface area contributed by atoms with E-state index in [0.29, 0.717) is 17.9 Å². The first kappa shape index (κ1) is 22.0. The molecule has 0 radical (unpaired) electrons. The first-order valence-corrected chi connectivity index (χ1v) is 11.8. The zero-order valence-electron chi connectivity index (χ0n) is 18.3. The van der Waals surface area contributed by atoms with Crippen LogP contribution in [-0.2, 0) is 26.6 Å². The van der Waals surface area contributed by atoms with Crippen molar-refractivity contribution < 1.29 is 13.2 Å². The van der Waals surface area contributed by atoms with Crippen molar-refractivity contribution in [3.05, 3.63) is 65.2 Å². The van der Waals surface area contributed by atoms with Gasteiger partial charge in [0.1, 0.15) is 6.23 Å². The maximum absolute atomic E-state index is 13.5. The Balaban J connectivity index is 1.90. The summed E-state index contributed by atoms with van der Waals surface area (Å²) in [5.41, 5.74) is 3.47. The highest BCUT2D eigenvalue weighted by molar-refractivity contribution is 7.89. The predicted molar refractivity (Wildman–Crippen MR) is 117 cm³/mol. The first-order chi connectivity index (χ1) is 13.5. The van der Waals surface area contributed by atoms with Gasteiger partial charge in [-0.15, -0.1) is 0 Å². The number of sulfonamides is 1. The third-order valence-electron chi connectivity index (χ3n) is 5.67. The quantitative estimate of drug-likeness (QED) is 0.697. The molecule has 0 saturated carbocycles. The maximum Gasteiger partial charge on any atom is 0.245 e. The molecule has 0 aliphatic carbocycles. The lowest BCUT2D eigenvalue weighted by Crippen LogP contribution is -2.45. The molecular weight excluding hydrogens is 382 g/mol. The molecule has 1 aliphatic rings. The van der Waals surface area contributed by atoms with Crippen LogP contribution in [0.3, 0.4) is 0 Å². The highest BCUT2D eigenvalue weighted by atomic mass is 32.2. The molecule has 2 aromatic carbocycles. The molecule has 29 heavy (non-hydrogen) atoms. The number of aryl methyl sites for hydroxylation is 1. The van der Waals surface area contributed by atoms with Gasteiger partial charge in [-0.1, -0.05) is 76.6 Å². The second kappa shape index (κ2) is 8.21. The van der Waals surface area contributed by atoms with Crippen LogP contribution in [0.15, 0.2) is 53.4 Å². The molecule has 2 atom stereocenters. The molecule has 0 N–H and O–H groups in total. The van der Waals surface area contributed by atoms with E-state index < -0.39 is 16.3 Å². The highest BCUT2D eigenvalue weighted by Crippen LogP contribution is 2.32. The Bertz CT molecular complexity index is 926. The first-order valence-electron chi connectivity index (χ1n) is 10.3. The molecule has 5 heteroatoms. The van der Waals surface area contributed by atoms with E-state index in [1.54, 1.807) is 16.4 Å². The summed E-state index contributed by atoms with van der Waals surface area (Å²) in [6.45, 7) is 13.0. The van der Waals surface area contributed by atoms with Gasteiger partial charge in [-0.05, 0) is 41.5 Å². The molecule has 0 spiro atoms. The van der Waals surface area contributed by atoms with Crippen LogP contribution in [0.5, 0.6) is 0 Å². The van der Waals surface area contributed by atoms with E-state index in [1.165, 1.54) is 5.56 Å². The van der Waals surface area contributed by atoms with Gasteiger partial charge in [0.05, 0.1) is 17.5 Å². The van der Waals surface area contributed by atoms with E-state index in [0.717, 1.165) is 11.1 Å². The normalized spacial score (nSPS) is 21.1. The number of benzene rings is 2. The standard InChI is InChI=1S/C24H33NO3S/c1-17(2)22-16-28-23(15-19-9-11-20(12-10-19)24(4,5)6)25(22)29(26,27)21-13-7-18(3)8-14-21/h7-14,17,22-23H,15-16H2,1-6H3/t22-,23+/m1/s1. The summed E-state index contributed by atoms with van der Waals surface area (Å²) in [5.74, 6) is 0.170. The fourth-order valence-electron chi connectivity index (χ4n) is 3.71. The van der Waals surface area contributed by atoms with Gasteiger partial charge in [-0.2, -0.15) is 4.31 Å². The second-order valence-corrected chi connectivity index (χ2v) is 11.2. The molecule has 4 nitrogen and oxygen atoms in total. The molecule has 3 rings (SSSR count). The molecule has 158 valence electrons. The molecule has 1 heterocycles. The van der Waals surface area contributed by atoms with Crippen LogP contribution in [0.2, 0.25) is 0 Å². The van der Waals surface area contributed by atoms with Gasteiger partial charge in [-0.3, -0.25) is 0 Å². The van der Waals surface area contributed by atoms with Gasteiger partial charge in [0.15, 0.2) is 0 Å². The average molecular weight is 416 g/mol. The molecule has 0 aromatic heterocycles. The lowest BCUT2D eigenvalue weighted by Gasteiger charge is -2.29. The molecule has 1 aliphatic heterocycles. The predicted octanol–water partition coefficient (Wildman–Crippen LogP) is 4.91. The van der Waals surface area contributed by atoms with Gasteiger partial charge in [0, 0.05) is 6.42 Å². The van der Waals surface area contributed by atoms with Crippen molar-refractivity contribution in [1.29, 1.82) is 0 Å². The van der Waals surface area contributed by atoms with Crippen molar-refractivity contribution in [2.24, 2.45) is 5.92 Å². The summed E-state index contributed by atoms with van der Waals surface area (Å²) >= 11 is 0. The molecule has 0 unspecified atom stereocenters. The Morgan fingerprint density at radius 2 is 1.62 bits per heavy atom. The minimum absolute atomic E-state index is 0.0892. The topological polar surface area (TPSA) is 46.6 Å². The van der Waals surface area contributed by atoms with Gasteiger partial charge in [0.25, 0.3) is 0 Å². The van der Waals surface area contributed by atoms with Crippen LogP contribution in [0, 0.1) is 12.8 Å². The molecule has 0 bridgehead atoms. The summed E-state index contributed by atoms with van der Waals surface area (Å²) in [7, 11) is -3.64. The zero-order chi connectivity index (χ0) is 21.4. The summed E-state index contributed by atoms with van der Waals surface area (Å²) < 4.78 is 34.6. The summed E-state index contributed by atoms with van der Waals surface area (Å²) in [6.07, 6.45) is 0.0489. The van der Waals surface area contributed by atoms with Crippen LogP contribution >= 0.6 is 0 Å². The lowest BCUT2D eigenvalue weighted by atomic mass is 9.86. The molecular formula is C24H33NO3S. The highest BCUT2D eigenvalue weighted by Gasteiger charge is 2.44. The van der Waals surface area contributed by atoms with Crippen LogP contribution in [0.1, 0.15) is 51.3 Å². The lowest BCUT2D eigenvalue weighted by molar-refractivity contribution is 0.0687. The monoisotopic (exact) mass is 415 g/mol. The summed E-state index contributed by atoms with van der Waals surface area (Å²) in [6, 6.07) is 15.3. The Morgan fingerprint density at radius 1 is 1.03 bits per heavy atom. The fraction of sp³-hybridized carbons (Fsp3) is 0.500. The van der Waals surface area contributed by atoms with E-state index in [4.69, 9.17) is 4.74 Å². The number of rotatable bonds is 5. The fourth-order valence-corrected chi connectivity index (χ4v) is 5.54. The number of ether oxygens (including phenoxy) is 1. The van der Waals surface area contributed by atoms with Crippen molar-refractivity contribution in [2.75, 3.05) is 6.61 Å². The number of hydrogen-bond acceptors (Lipinski definition) is 3. The smallest absolute Gasteiger partial charge is 0.245 e. The summed E-state index contributed by atoms with van der Waals surface area (Å²) in [4.78, 5) is 0.326. The minimum Gasteiger partial charge on any atom is -0.360 e. The molecule has 2 aromatic rings. The van der Waals surface area contributed by atoms with Gasteiger partial charge >= 0.3 is 0 Å². The van der Waals surface area contributed by atoms with E-state index in [2.05, 4.69) is 45.0 Å². The Labute approximate surface area is 175 Å². The minimum atomic E-state index is -3.64. The molecule has 0 amide bonds. The van der Waals surface area contributed by atoms with Crippen molar-refractivity contribution >= 4 is 10.0 Å². The Kier molecular flexibility index (Phi) is 6.23. The van der Waals surface area contributed by atoms with E-state index >= 15 is 0 Å².